The first kappa shape index (κ1) is 16.0. The standard InChI is InChI=1S/C16H27N3O2/c1-3-7-14-18-15(17-9-4-2)11-16(19-14)21-12-13-8-5-6-10-20-13/h11,13H,3-10,12H2,1-2H3,(H,17,18,19). The monoisotopic (exact) mass is 293 g/mol. The molecule has 0 radical (unpaired) electrons. The summed E-state index contributed by atoms with van der Waals surface area (Å²) >= 11 is 0. The zero-order valence-corrected chi connectivity index (χ0v) is 13.2. The van der Waals surface area contributed by atoms with Gasteiger partial charge < -0.3 is 14.8 Å². The van der Waals surface area contributed by atoms with Gasteiger partial charge in [-0.1, -0.05) is 13.8 Å². The summed E-state index contributed by atoms with van der Waals surface area (Å²) in [7, 11) is 0. The minimum atomic E-state index is 0.204. The molecular weight excluding hydrogens is 266 g/mol. The quantitative estimate of drug-likeness (QED) is 0.797. The molecule has 1 unspecified atom stereocenters. The number of hydrogen-bond donors (Lipinski definition) is 1. The maximum absolute atomic E-state index is 5.84. The Balaban J connectivity index is 1.96. The summed E-state index contributed by atoms with van der Waals surface area (Å²) in [6.45, 7) is 6.61. The fourth-order valence-electron chi connectivity index (χ4n) is 2.34. The zero-order valence-electron chi connectivity index (χ0n) is 13.2. The van der Waals surface area contributed by atoms with E-state index in [1.807, 2.05) is 6.07 Å². The lowest BCUT2D eigenvalue weighted by molar-refractivity contribution is -0.0120. The third kappa shape index (κ3) is 5.50. The van der Waals surface area contributed by atoms with E-state index in [0.29, 0.717) is 12.5 Å². The molecule has 0 aromatic carbocycles. The van der Waals surface area contributed by atoms with Crippen LogP contribution in [-0.4, -0.2) is 35.8 Å². The maximum atomic E-state index is 5.84. The number of nitrogens with zero attached hydrogens (tertiary/aromatic N) is 2. The molecule has 1 aliphatic heterocycles. The summed E-state index contributed by atoms with van der Waals surface area (Å²) in [6.07, 6.45) is 6.64. The van der Waals surface area contributed by atoms with Gasteiger partial charge in [-0.05, 0) is 32.1 Å². The van der Waals surface area contributed by atoms with Crippen LogP contribution in [0.2, 0.25) is 0 Å². The number of aromatic nitrogens is 2. The molecule has 1 aromatic rings. The normalized spacial score (nSPS) is 18.5. The number of rotatable bonds is 8. The molecule has 5 nitrogen and oxygen atoms in total. The second kappa shape index (κ2) is 8.82. The van der Waals surface area contributed by atoms with Crippen molar-refractivity contribution in [2.24, 2.45) is 0 Å². The van der Waals surface area contributed by atoms with E-state index in [9.17, 15) is 0 Å². The molecule has 0 aliphatic carbocycles. The van der Waals surface area contributed by atoms with Crippen molar-refractivity contribution in [3.05, 3.63) is 11.9 Å². The summed E-state index contributed by atoms with van der Waals surface area (Å²) in [4.78, 5) is 9.01. The lowest BCUT2D eigenvalue weighted by Crippen LogP contribution is -2.26. The molecule has 0 bridgehead atoms. The minimum Gasteiger partial charge on any atom is -0.475 e. The van der Waals surface area contributed by atoms with Crippen LogP contribution in [-0.2, 0) is 11.2 Å². The SMILES string of the molecule is CCCNc1cc(OCC2CCCCO2)nc(CCC)n1. The summed E-state index contributed by atoms with van der Waals surface area (Å²) in [5.41, 5.74) is 0. The number of hydrogen-bond acceptors (Lipinski definition) is 5. The minimum absolute atomic E-state index is 0.204. The molecule has 1 atom stereocenters. The Kier molecular flexibility index (Phi) is 6.73. The van der Waals surface area contributed by atoms with Gasteiger partial charge in [0.15, 0.2) is 0 Å². The van der Waals surface area contributed by atoms with E-state index in [1.54, 1.807) is 0 Å². The fraction of sp³-hybridized carbons (Fsp3) is 0.750. The van der Waals surface area contributed by atoms with Crippen molar-refractivity contribution in [3.63, 3.8) is 0 Å². The van der Waals surface area contributed by atoms with Crippen molar-refractivity contribution in [2.45, 2.75) is 58.5 Å². The molecule has 5 heteroatoms. The fourth-order valence-corrected chi connectivity index (χ4v) is 2.34. The summed E-state index contributed by atoms with van der Waals surface area (Å²) < 4.78 is 11.5. The van der Waals surface area contributed by atoms with E-state index in [2.05, 4.69) is 29.1 Å². The van der Waals surface area contributed by atoms with Crippen molar-refractivity contribution in [1.82, 2.24) is 9.97 Å². The van der Waals surface area contributed by atoms with Gasteiger partial charge in [0.05, 0.1) is 6.10 Å². The van der Waals surface area contributed by atoms with E-state index < -0.39 is 0 Å². The van der Waals surface area contributed by atoms with Gasteiger partial charge in [0, 0.05) is 25.6 Å². The van der Waals surface area contributed by atoms with E-state index >= 15 is 0 Å². The summed E-state index contributed by atoms with van der Waals surface area (Å²) in [5, 5.41) is 3.31. The molecule has 1 aliphatic rings. The van der Waals surface area contributed by atoms with Crippen LogP contribution in [0.5, 0.6) is 5.88 Å². The van der Waals surface area contributed by atoms with Crippen LogP contribution in [0, 0.1) is 0 Å². The predicted molar refractivity (Wildman–Crippen MR) is 83.9 cm³/mol. The largest absolute Gasteiger partial charge is 0.475 e. The molecule has 0 saturated carbocycles. The average molecular weight is 293 g/mol. The van der Waals surface area contributed by atoms with Gasteiger partial charge in [-0.2, -0.15) is 4.98 Å². The first-order chi connectivity index (χ1) is 10.3. The lowest BCUT2D eigenvalue weighted by atomic mass is 10.1. The Labute approximate surface area is 127 Å². The Hall–Kier alpha value is -1.36. The van der Waals surface area contributed by atoms with Gasteiger partial charge in [0.1, 0.15) is 18.2 Å². The average Bonchev–Trinajstić information content (AvgIpc) is 2.52. The number of aryl methyl sites for hydroxylation is 1. The van der Waals surface area contributed by atoms with Crippen molar-refractivity contribution in [1.29, 1.82) is 0 Å². The first-order valence-corrected chi connectivity index (χ1v) is 8.18. The third-order valence-corrected chi connectivity index (χ3v) is 3.47. The Morgan fingerprint density at radius 1 is 1.29 bits per heavy atom. The van der Waals surface area contributed by atoms with Gasteiger partial charge in [-0.25, -0.2) is 4.98 Å². The van der Waals surface area contributed by atoms with E-state index in [4.69, 9.17) is 9.47 Å². The smallest absolute Gasteiger partial charge is 0.218 e. The van der Waals surface area contributed by atoms with Gasteiger partial charge in [0.2, 0.25) is 5.88 Å². The molecule has 0 amide bonds. The van der Waals surface area contributed by atoms with Crippen LogP contribution in [0.15, 0.2) is 6.07 Å². The molecule has 21 heavy (non-hydrogen) atoms. The molecule has 1 N–H and O–H groups in total. The molecule has 2 heterocycles. The van der Waals surface area contributed by atoms with Gasteiger partial charge in [-0.3, -0.25) is 0 Å². The molecule has 2 rings (SSSR count). The van der Waals surface area contributed by atoms with E-state index in [0.717, 1.165) is 56.9 Å². The second-order valence-electron chi connectivity index (χ2n) is 5.48. The lowest BCUT2D eigenvalue weighted by Gasteiger charge is -2.22. The molecule has 1 aromatic heterocycles. The van der Waals surface area contributed by atoms with Crippen LogP contribution >= 0.6 is 0 Å². The topological polar surface area (TPSA) is 56.3 Å². The Morgan fingerprint density at radius 3 is 2.90 bits per heavy atom. The first-order valence-electron chi connectivity index (χ1n) is 8.18. The molecule has 1 saturated heterocycles. The van der Waals surface area contributed by atoms with Crippen molar-refractivity contribution < 1.29 is 9.47 Å². The summed E-state index contributed by atoms with van der Waals surface area (Å²) in [5.74, 6) is 2.36. The predicted octanol–water partition coefficient (Wildman–Crippen LogP) is 3.20. The zero-order chi connectivity index (χ0) is 14.9. The molecular formula is C16H27N3O2. The van der Waals surface area contributed by atoms with Crippen molar-refractivity contribution in [2.75, 3.05) is 25.1 Å². The van der Waals surface area contributed by atoms with Crippen LogP contribution in [0.3, 0.4) is 0 Å². The second-order valence-corrected chi connectivity index (χ2v) is 5.48. The Morgan fingerprint density at radius 2 is 2.19 bits per heavy atom. The van der Waals surface area contributed by atoms with Crippen LogP contribution in [0.25, 0.3) is 0 Å². The highest BCUT2D eigenvalue weighted by Gasteiger charge is 2.15. The molecule has 1 fully saturated rings. The number of nitrogens with one attached hydrogen (secondary N) is 1. The van der Waals surface area contributed by atoms with E-state index in [1.165, 1.54) is 6.42 Å². The van der Waals surface area contributed by atoms with Gasteiger partial charge >= 0.3 is 0 Å². The van der Waals surface area contributed by atoms with E-state index in [-0.39, 0.29) is 6.10 Å². The molecule has 118 valence electrons. The molecule has 0 spiro atoms. The van der Waals surface area contributed by atoms with Crippen molar-refractivity contribution >= 4 is 5.82 Å². The third-order valence-electron chi connectivity index (χ3n) is 3.47. The highest BCUT2D eigenvalue weighted by atomic mass is 16.5. The van der Waals surface area contributed by atoms with Crippen LogP contribution < -0.4 is 10.1 Å². The number of ether oxygens (including phenoxy) is 2. The van der Waals surface area contributed by atoms with Crippen LogP contribution in [0.1, 0.15) is 51.8 Å². The highest BCUT2D eigenvalue weighted by Crippen LogP contribution is 2.17. The van der Waals surface area contributed by atoms with Crippen LogP contribution in [0.4, 0.5) is 5.82 Å². The summed E-state index contributed by atoms with van der Waals surface area (Å²) in [6, 6.07) is 1.89. The van der Waals surface area contributed by atoms with Gasteiger partial charge in [0.25, 0.3) is 0 Å². The highest BCUT2D eigenvalue weighted by molar-refractivity contribution is 5.38. The maximum Gasteiger partial charge on any atom is 0.218 e. The van der Waals surface area contributed by atoms with Crippen molar-refractivity contribution in [3.8, 4) is 5.88 Å². The Bertz CT molecular complexity index is 420. The van der Waals surface area contributed by atoms with Gasteiger partial charge in [-0.15, -0.1) is 0 Å². The number of anilines is 1.